The Morgan fingerprint density at radius 3 is 2.91 bits per heavy atom. The van der Waals surface area contributed by atoms with E-state index in [0.717, 1.165) is 6.54 Å². The van der Waals surface area contributed by atoms with Crippen LogP contribution in [0.1, 0.15) is 30.9 Å². The van der Waals surface area contributed by atoms with Gasteiger partial charge in [0.05, 0.1) is 12.0 Å². The Morgan fingerprint density at radius 2 is 2.26 bits per heavy atom. The summed E-state index contributed by atoms with van der Waals surface area (Å²) in [6.45, 7) is 1.22. The van der Waals surface area contributed by atoms with Crippen LogP contribution in [0.15, 0.2) is 24.3 Å². The Labute approximate surface area is 140 Å². The van der Waals surface area contributed by atoms with Gasteiger partial charge in [0.15, 0.2) is 0 Å². The average molecular weight is 332 g/mol. The molecular weight excluding hydrogens is 314 g/mol. The van der Waals surface area contributed by atoms with Crippen molar-refractivity contribution in [2.45, 2.75) is 25.3 Å². The summed E-state index contributed by atoms with van der Waals surface area (Å²) in [4.78, 5) is 26.2. The maximum Gasteiger partial charge on any atom is 0.226 e. The second kappa shape index (κ2) is 6.59. The van der Waals surface area contributed by atoms with Crippen LogP contribution in [0.25, 0.3) is 0 Å². The van der Waals surface area contributed by atoms with Crippen LogP contribution >= 0.6 is 11.6 Å². The highest BCUT2D eigenvalue weighted by Crippen LogP contribution is 2.32. The number of likely N-dealkylation sites (tertiary alicyclic amines) is 1. The molecule has 0 bridgehead atoms. The number of halogens is 1. The molecule has 1 aliphatic heterocycles. The van der Waals surface area contributed by atoms with Gasteiger partial charge >= 0.3 is 0 Å². The van der Waals surface area contributed by atoms with Gasteiger partial charge in [-0.15, -0.1) is 0 Å². The third kappa shape index (κ3) is 3.83. The minimum Gasteiger partial charge on any atom is -0.342 e. The summed E-state index contributed by atoms with van der Waals surface area (Å²) in [5.41, 5.74) is 0.646. The summed E-state index contributed by atoms with van der Waals surface area (Å²) in [5, 5.41) is 12.5. The van der Waals surface area contributed by atoms with Crippen molar-refractivity contribution < 1.29 is 9.59 Å². The number of rotatable bonds is 5. The molecule has 5 nitrogen and oxygen atoms in total. The van der Waals surface area contributed by atoms with Crippen LogP contribution in [-0.2, 0) is 9.59 Å². The Hall–Kier alpha value is -2.06. The summed E-state index contributed by atoms with van der Waals surface area (Å²) >= 11 is 5.93. The number of carbonyl (C=O) groups is 2. The van der Waals surface area contributed by atoms with E-state index < -0.39 is 6.04 Å². The predicted octanol–water partition coefficient (Wildman–Crippen LogP) is 2.28. The summed E-state index contributed by atoms with van der Waals surface area (Å²) < 4.78 is 0. The van der Waals surface area contributed by atoms with Gasteiger partial charge in [0.2, 0.25) is 11.8 Å². The first-order valence-electron chi connectivity index (χ1n) is 7.80. The first kappa shape index (κ1) is 15.8. The number of amides is 2. The van der Waals surface area contributed by atoms with Crippen LogP contribution in [-0.4, -0.2) is 29.8 Å². The summed E-state index contributed by atoms with van der Waals surface area (Å²) in [6, 6.07) is 8.19. The Morgan fingerprint density at radius 1 is 1.48 bits per heavy atom. The van der Waals surface area contributed by atoms with Gasteiger partial charge in [0.25, 0.3) is 0 Å². The van der Waals surface area contributed by atoms with Gasteiger partial charge in [-0.25, -0.2) is 0 Å². The Bertz CT molecular complexity index is 666. The molecule has 2 amide bonds. The first-order chi connectivity index (χ1) is 11.1. The van der Waals surface area contributed by atoms with Gasteiger partial charge in [-0.2, -0.15) is 5.26 Å². The summed E-state index contributed by atoms with van der Waals surface area (Å²) in [7, 11) is 0. The van der Waals surface area contributed by atoms with Crippen molar-refractivity contribution in [1.82, 2.24) is 10.2 Å². The largest absolute Gasteiger partial charge is 0.342 e. The molecule has 6 heteroatoms. The van der Waals surface area contributed by atoms with Crippen molar-refractivity contribution in [3.63, 3.8) is 0 Å². The highest BCUT2D eigenvalue weighted by molar-refractivity contribution is 6.30. The summed E-state index contributed by atoms with van der Waals surface area (Å²) in [5.74, 6) is 0.0202. The molecule has 0 radical (unpaired) electrons. The molecule has 1 saturated heterocycles. The van der Waals surface area contributed by atoms with Gasteiger partial charge in [-0.1, -0.05) is 23.7 Å². The molecule has 23 heavy (non-hydrogen) atoms. The van der Waals surface area contributed by atoms with E-state index in [9.17, 15) is 14.9 Å². The van der Waals surface area contributed by atoms with Crippen molar-refractivity contribution in [1.29, 1.82) is 5.26 Å². The highest BCUT2D eigenvalue weighted by atomic mass is 35.5. The van der Waals surface area contributed by atoms with Gasteiger partial charge in [0.1, 0.15) is 6.04 Å². The zero-order chi connectivity index (χ0) is 16.4. The number of benzene rings is 1. The van der Waals surface area contributed by atoms with Gasteiger partial charge < -0.3 is 10.2 Å². The zero-order valence-electron chi connectivity index (χ0n) is 12.7. The lowest BCUT2D eigenvalue weighted by Crippen LogP contribution is -2.35. The minimum absolute atomic E-state index is 0.0355. The molecule has 3 rings (SSSR count). The smallest absolute Gasteiger partial charge is 0.226 e. The van der Waals surface area contributed by atoms with Crippen molar-refractivity contribution >= 4 is 23.4 Å². The molecular formula is C17H18ClN3O2. The highest BCUT2D eigenvalue weighted by Gasteiger charge is 2.37. The van der Waals surface area contributed by atoms with Crippen molar-refractivity contribution in [2.75, 3.05) is 13.1 Å². The third-order valence-corrected chi connectivity index (χ3v) is 4.59. The van der Waals surface area contributed by atoms with E-state index in [1.807, 2.05) is 0 Å². The second-order valence-corrected chi connectivity index (χ2v) is 6.71. The second-order valence-electron chi connectivity index (χ2n) is 6.27. The molecule has 1 N–H and O–H groups in total. The normalized spacial score (nSPS) is 21.8. The van der Waals surface area contributed by atoms with Crippen LogP contribution < -0.4 is 5.32 Å². The third-order valence-electron chi connectivity index (χ3n) is 4.36. The monoisotopic (exact) mass is 331 g/mol. The topological polar surface area (TPSA) is 73.2 Å². The van der Waals surface area contributed by atoms with E-state index in [0.29, 0.717) is 23.0 Å². The van der Waals surface area contributed by atoms with Gasteiger partial charge in [-0.05, 0) is 36.5 Å². The molecule has 2 fully saturated rings. The molecule has 2 atom stereocenters. The Balaban J connectivity index is 1.61. The molecule has 1 aromatic rings. The lowest BCUT2D eigenvalue weighted by atomic mass is 10.0. The maximum absolute atomic E-state index is 12.4. The standard InChI is InChI=1S/C17H18ClN3O2/c18-14-3-1-2-12(6-14)15(8-19)20-17(23)13-7-16(22)21(10-13)9-11-4-5-11/h1-3,6,11,13,15H,4-5,7,9-10H2,(H,20,23)/t13-,15-/m0/s1. The van der Waals surface area contributed by atoms with Gasteiger partial charge in [-0.3, -0.25) is 9.59 Å². The minimum atomic E-state index is -0.756. The van der Waals surface area contributed by atoms with E-state index >= 15 is 0 Å². The van der Waals surface area contributed by atoms with Crippen molar-refractivity contribution in [2.24, 2.45) is 11.8 Å². The molecule has 1 heterocycles. The fourth-order valence-electron chi connectivity index (χ4n) is 2.87. The average Bonchev–Trinajstić information content (AvgIpc) is 3.27. The van der Waals surface area contributed by atoms with E-state index in [1.165, 1.54) is 12.8 Å². The first-order valence-corrected chi connectivity index (χ1v) is 8.18. The molecule has 2 aliphatic rings. The fourth-order valence-corrected chi connectivity index (χ4v) is 3.07. The molecule has 120 valence electrons. The van der Waals surface area contributed by atoms with Crippen molar-refractivity contribution in [3.05, 3.63) is 34.9 Å². The SMILES string of the molecule is N#C[C@H](NC(=O)[C@H]1CC(=O)N(CC2CC2)C1)c1cccc(Cl)c1. The Kier molecular flexibility index (Phi) is 4.53. The lowest BCUT2D eigenvalue weighted by Gasteiger charge is -2.17. The zero-order valence-corrected chi connectivity index (χ0v) is 13.4. The van der Waals surface area contributed by atoms with Crippen LogP contribution in [0, 0.1) is 23.2 Å². The predicted molar refractivity (Wildman–Crippen MR) is 85.4 cm³/mol. The molecule has 1 saturated carbocycles. The van der Waals surface area contributed by atoms with E-state index in [2.05, 4.69) is 11.4 Å². The van der Waals surface area contributed by atoms with E-state index in [-0.39, 0.29) is 24.2 Å². The molecule has 0 unspecified atom stereocenters. The van der Waals surface area contributed by atoms with Crippen LogP contribution in [0.2, 0.25) is 5.02 Å². The van der Waals surface area contributed by atoms with Crippen LogP contribution in [0.4, 0.5) is 0 Å². The fraction of sp³-hybridized carbons (Fsp3) is 0.471. The quantitative estimate of drug-likeness (QED) is 0.899. The molecule has 1 aliphatic carbocycles. The van der Waals surface area contributed by atoms with Crippen LogP contribution in [0.3, 0.4) is 0 Å². The number of nitrogens with zero attached hydrogens (tertiary/aromatic N) is 2. The lowest BCUT2D eigenvalue weighted by molar-refractivity contribution is -0.129. The van der Waals surface area contributed by atoms with Crippen molar-refractivity contribution in [3.8, 4) is 6.07 Å². The number of hydrogen-bond acceptors (Lipinski definition) is 3. The van der Waals surface area contributed by atoms with Crippen LogP contribution in [0.5, 0.6) is 0 Å². The van der Waals surface area contributed by atoms with E-state index in [1.54, 1.807) is 29.2 Å². The molecule has 0 spiro atoms. The number of nitrogens with one attached hydrogen (secondary N) is 1. The van der Waals surface area contributed by atoms with Gasteiger partial charge in [0, 0.05) is 24.5 Å². The maximum atomic E-state index is 12.4. The molecule has 1 aromatic carbocycles. The number of carbonyl (C=O) groups excluding carboxylic acids is 2. The number of nitriles is 1. The molecule has 0 aromatic heterocycles. The van der Waals surface area contributed by atoms with E-state index in [4.69, 9.17) is 11.6 Å². The summed E-state index contributed by atoms with van der Waals surface area (Å²) in [6.07, 6.45) is 2.57. The number of hydrogen-bond donors (Lipinski definition) is 1.